The van der Waals surface area contributed by atoms with Crippen LogP contribution in [0.3, 0.4) is 0 Å². The SMILES string of the molecule is Clc1cccc(-c2ccc(CN3CCc4nc(-c5ccco5)ncc4C3)cn2)c1Cl. The van der Waals surface area contributed by atoms with E-state index >= 15 is 0 Å². The van der Waals surface area contributed by atoms with E-state index in [0.29, 0.717) is 21.6 Å². The minimum absolute atomic E-state index is 0.529. The highest BCUT2D eigenvalue weighted by molar-refractivity contribution is 6.43. The van der Waals surface area contributed by atoms with Crippen LogP contribution in [0.1, 0.15) is 16.8 Å². The van der Waals surface area contributed by atoms with Gasteiger partial charge in [0.2, 0.25) is 0 Å². The van der Waals surface area contributed by atoms with Crippen molar-refractivity contribution in [3.63, 3.8) is 0 Å². The van der Waals surface area contributed by atoms with E-state index in [1.54, 1.807) is 12.3 Å². The fourth-order valence-electron chi connectivity index (χ4n) is 3.67. The van der Waals surface area contributed by atoms with Gasteiger partial charge < -0.3 is 4.42 Å². The van der Waals surface area contributed by atoms with Crippen molar-refractivity contribution in [1.82, 2.24) is 19.9 Å². The fraction of sp³-hybridized carbons (Fsp3) is 0.174. The smallest absolute Gasteiger partial charge is 0.195 e. The Morgan fingerprint density at radius 3 is 2.73 bits per heavy atom. The van der Waals surface area contributed by atoms with Crippen molar-refractivity contribution >= 4 is 23.2 Å². The Balaban J connectivity index is 1.29. The molecular weight excluding hydrogens is 419 g/mol. The van der Waals surface area contributed by atoms with Gasteiger partial charge in [-0.25, -0.2) is 9.97 Å². The van der Waals surface area contributed by atoms with Crippen LogP contribution >= 0.6 is 23.2 Å². The zero-order valence-electron chi connectivity index (χ0n) is 16.1. The van der Waals surface area contributed by atoms with Gasteiger partial charge in [-0.1, -0.05) is 41.4 Å². The first kappa shape index (κ1) is 19.2. The Kier molecular flexibility index (Phi) is 5.25. The second kappa shape index (κ2) is 8.19. The predicted octanol–water partition coefficient (Wildman–Crippen LogP) is 5.66. The lowest BCUT2D eigenvalue weighted by atomic mass is 10.1. The summed E-state index contributed by atoms with van der Waals surface area (Å²) in [4.78, 5) is 16.1. The first-order chi connectivity index (χ1) is 14.7. The molecule has 4 aromatic rings. The van der Waals surface area contributed by atoms with Crippen molar-refractivity contribution in [3.05, 3.63) is 88.0 Å². The maximum absolute atomic E-state index is 6.32. The number of nitrogens with zero attached hydrogens (tertiary/aromatic N) is 4. The minimum Gasteiger partial charge on any atom is -0.461 e. The zero-order valence-corrected chi connectivity index (χ0v) is 17.6. The van der Waals surface area contributed by atoms with E-state index in [1.165, 1.54) is 0 Å². The van der Waals surface area contributed by atoms with Crippen LogP contribution in [0, 0.1) is 0 Å². The Hall–Kier alpha value is -2.73. The first-order valence-corrected chi connectivity index (χ1v) is 10.4. The van der Waals surface area contributed by atoms with E-state index in [4.69, 9.17) is 32.6 Å². The molecule has 7 heteroatoms. The van der Waals surface area contributed by atoms with Crippen molar-refractivity contribution in [3.8, 4) is 22.8 Å². The van der Waals surface area contributed by atoms with E-state index in [9.17, 15) is 0 Å². The zero-order chi connectivity index (χ0) is 20.5. The highest BCUT2D eigenvalue weighted by Gasteiger charge is 2.19. The van der Waals surface area contributed by atoms with Crippen LogP contribution in [-0.4, -0.2) is 26.4 Å². The number of aromatic nitrogens is 3. The van der Waals surface area contributed by atoms with E-state index in [2.05, 4.69) is 20.9 Å². The molecule has 1 aliphatic rings. The fourth-order valence-corrected chi connectivity index (χ4v) is 4.07. The number of hydrogen-bond acceptors (Lipinski definition) is 5. The van der Waals surface area contributed by atoms with Gasteiger partial charge in [0.25, 0.3) is 0 Å². The number of halogens is 2. The molecule has 0 aliphatic carbocycles. The summed E-state index contributed by atoms with van der Waals surface area (Å²) in [7, 11) is 0. The number of benzene rings is 1. The number of fused-ring (bicyclic) bond motifs is 1. The molecule has 5 nitrogen and oxygen atoms in total. The van der Waals surface area contributed by atoms with Gasteiger partial charge >= 0.3 is 0 Å². The summed E-state index contributed by atoms with van der Waals surface area (Å²) < 4.78 is 5.41. The summed E-state index contributed by atoms with van der Waals surface area (Å²) in [5.74, 6) is 1.35. The third kappa shape index (κ3) is 3.84. The number of furan rings is 1. The summed E-state index contributed by atoms with van der Waals surface area (Å²) in [5.41, 5.74) is 5.05. The number of hydrogen-bond donors (Lipinski definition) is 0. The molecule has 30 heavy (non-hydrogen) atoms. The van der Waals surface area contributed by atoms with Gasteiger partial charge in [0.1, 0.15) is 0 Å². The van der Waals surface area contributed by atoms with Crippen molar-refractivity contribution in [2.24, 2.45) is 0 Å². The Bertz CT molecular complexity index is 1180. The molecule has 0 N–H and O–H groups in total. The largest absolute Gasteiger partial charge is 0.461 e. The third-order valence-corrected chi connectivity index (χ3v) is 6.03. The van der Waals surface area contributed by atoms with Crippen LogP contribution in [0.15, 0.2) is 65.5 Å². The molecule has 3 aromatic heterocycles. The molecule has 0 radical (unpaired) electrons. The highest BCUT2D eigenvalue weighted by atomic mass is 35.5. The monoisotopic (exact) mass is 436 g/mol. The second-order valence-corrected chi connectivity index (χ2v) is 8.04. The Morgan fingerprint density at radius 2 is 1.93 bits per heavy atom. The molecule has 0 unspecified atom stereocenters. The van der Waals surface area contributed by atoms with Crippen LogP contribution in [0.4, 0.5) is 0 Å². The average Bonchev–Trinajstić information content (AvgIpc) is 3.31. The van der Waals surface area contributed by atoms with Crippen molar-refractivity contribution < 1.29 is 4.42 Å². The van der Waals surface area contributed by atoms with E-state index in [0.717, 1.165) is 54.1 Å². The van der Waals surface area contributed by atoms with Crippen LogP contribution in [0.25, 0.3) is 22.8 Å². The molecule has 0 saturated heterocycles. The highest BCUT2D eigenvalue weighted by Crippen LogP contribution is 2.32. The lowest BCUT2D eigenvalue weighted by Crippen LogP contribution is -2.31. The predicted molar refractivity (Wildman–Crippen MR) is 117 cm³/mol. The van der Waals surface area contributed by atoms with Crippen molar-refractivity contribution in [2.45, 2.75) is 19.5 Å². The Labute approximate surface area is 184 Å². The molecule has 0 bridgehead atoms. The normalized spacial score (nSPS) is 13.9. The molecule has 0 spiro atoms. The van der Waals surface area contributed by atoms with E-state index < -0.39 is 0 Å². The third-order valence-electron chi connectivity index (χ3n) is 5.21. The quantitative estimate of drug-likeness (QED) is 0.412. The molecule has 150 valence electrons. The van der Waals surface area contributed by atoms with Gasteiger partial charge in [-0.05, 0) is 29.8 Å². The molecular formula is C23H18Cl2N4O. The number of pyridine rings is 1. The second-order valence-electron chi connectivity index (χ2n) is 7.26. The van der Waals surface area contributed by atoms with E-state index in [-0.39, 0.29) is 0 Å². The topological polar surface area (TPSA) is 55.1 Å². The molecule has 4 heterocycles. The Morgan fingerprint density at radius 1 is 1.00 bits per heavy atom. The van der Waals surface area contributed by atoms with Gasteiger partial charge in [0, 0.05) is 49.6 Å². The molecule has 5 rings (SSSR count). The van der Waals surface area contributed by atoms with Gasteiger partial charge in [-0.3, -0.25) is 9.88 Å². The summed E-state index contributed by atoms with van der Waals surface area (Å²) in [6, 6.07) is 13.4. The lowest BCUT2D eigenvalue weighted by Gasteiger charge is -2.27. The van der Waals surface area contributed by atoms with Crippen LogP contribution in [0.2, 0.25) is 10.0 Å². The molecule has 0 saturated carbocycles. The van der Waals surface area contributed by atoms with Gasteiger partial charge in [0.15, 0.2) is 11.6 Å². The summed E-state index contributed by atoms with van der Waals surface area (Å²) in [5, 5.41) is 1.06. The standard InChI is InChI=1S/C23H18Cl2N4O/c24-18-4-1-3-17(22(18)25)20-7-6-15(11-26-20)13-29-9-8-19-16(14-29)12-27-23(28-19)21-5-2-10-30-21/h1-7,10-12H,8-9,13-14H2. The molecule has 0 atom stereocenters. The molecule has 0 amide bonds. The van der Waals surface area contributed by atoms with E-state index in [1.807, 2.05) is 42.7 Å². The maximum Gasteiger partial charge on any atom is 0.195 e. The van der Waals surface area contributed by atoms with Crippen molar-refractivity contribution in [1.29, 1.82) is 0 Å². The molecule has 1 aliphatic heterocycles. The minimum atomic E-state index is 0.529. The summed E-state index contributed by atoms with van der Waals surface area (Å²) in [6.45, 7) is 2.56. The van der Waals surface area contributed by atoms with Gasteiger partial charge in [0.05, 0.1) is 27.7 Å². The van der Waals surface area contributed by atoms with Crippen LogP contribution in [0.5, 0.6) is 0 Å². The van der Waals surface area contributed by atoms with Crippen molar-refractivity contribution in [2.75, 3.05) is 6.54 Å². The van der Waals surface area contributed by atoms with Gasteiger partial charge in [-0.2, -0.15) is 0 Å². The van der Waals surface area contributed by atoms with Crippen LogP contribution in [-0.2, 0) is 19.5 Å². The molecule has 0 fully saturated rings. The van der Waals surface area contributed by atoms with Gasteiger partial charge in [-0.15, -0.1) is 0 Å². The summed E-state index contributed by atoms with van der Waals surface area (Å²) in [6.07, 6.45) is 6.34. The summed E-state index contributed by atoms with van der Waals surface area (Å²) >= 11 is 12.4. The average molecular weight is 437 g/mol. The lowest BCUT2D eigenvalue weighted by molar-refractivity contribution is 0.242. The first-order valence-electron chi connectivity index (χ1n) is 9.68. The number of rotatable bonds is 4. The maximum atomic E-state index is 6.32. The molecule has 1 aromatic carbocycles. The van der Waals surface area contributed by atoms with Crippen LogP contribution < -0.4 is 0 Å².